The van der Waals surface area contributed by atoms with Gasteiger partial charge in [-0.1, -0.05) is 6.92 Å². The van der Waals surface area contributed by atoms with Gasteiger partial charge in [-0.05, 0) is 44.0 Å². The van der Waals surface area contributed by atoms with Crippen LogP contribution in [-0.4, -0.2) is 26.9 Å². The summed E-state index contributed by atoms with van der Waals surface area (Å²) in [6.45, 7) is 4.46. The van der Waals surface area contributed by atoms with Crippen LogP contribution in [0.5, 0.6) is 0 Å². The van der Waals surface area contributed by atoms with Crippen molar-refractivity contribution in [2.24, 2.45) is 0 Å². The molecule has 20 heavy (non-hydrogen) atoms. The molecule has 0 radical (unpaired) electrons. The Labute approximate surface area is 120 Å². The van der Waals surface area contributed by atoms with Crippen molar-refractivity contribution >= 4 is 21.6 Å². The molecular weight excluding hydrogens is 276 g/mol. The summed E-state index contributed by atoms with van der Waals surface area (Å²) in [7, 11) is -3.48. The zero-order valence-corrected chi connectivity index (χ0v) is 12.6. The smallest absolute Gasteiger partial charge is 0.240 e. The lowest BCUT2D eigenvalue weighted by Gasteiger charge is -2.16. The van der Waals surface area contributed by atoms with Crippen molar-refractivity contribution in [2.75, 3.05) is 11.4 Å². The van der Waals surface area contributed by atoms with Crippen LogP contribution in [0.15, 0.2) is 29.2 Å². The highest BCUT2D eigenvalue weighted by Gasteiger charge is 2.22. The molecule has 1 aliphatic heterocycles. The summed E-state index contributed by atoms with van der Waals surface area (Å²) in [5.74, 6) is 0.0957. The van der Waals surface area contributed by atoms with Gasteiger partial charge in [-0.2, -0.15) is 0 Å². The second-order valence-electron chi connectivity index (χ2n) is 5.07. The number of nitrogens with one attached hydrogen (secondary N) is 1. The van der Waals surface area contributed by atoms with E-state index >= 15 is 0 Å². The van der Waals surface area contributed by atoms with Gasteiger partial charge in [0, 0.05) is 24.7 Å². The first kappa shape index (κ1) is 15.0. The molecule has 0 aliphatic carbocycles. The molecule has 5 nitrogen and oxygen atoms in total. The Kier molecular flexibility index (Phi) is 4.45. The van der Waals surface area contributed by atoms with Crippen molar-refractivity contribution in [1.29, 1.82) is 0 Å². The Morgan fingerprint density at radius 1 is 1.30 bits per heavy atom. The lowest BCUT2D eigenvalue weighted by atomic mass is 10.3. The minimum absolute atomic E-state index is 0.0957. The van der Waals surface area contributed by atoms with Crippen LogP contribution >= 0.6 is 0 Å². The van der Waals surface area contributed by atoms with Gasteiger partial charge in [0.2, 0.25) is 15.9 Å². The van der Waals surface area contributed by atoms with Crippen molar-refractivity contribution in [3.05, 3.63) is 24.3 Å². The van der Waals surface area contributed by atoms with Crippen molar-refractivity contribution in [3.8, 4) is 0 Å². The van der Waals surface area contributed by atoms with Crippen LogP contribution in [0.1, 0.15) is 33.1 Å². The molecule has 1 N–H and O–H groups in total. The van der Waals surface area contributed by atoms with Gasteiger partial charge in [0.05, 0.1) is 4.90 Å². The van der Waals surface area contributed by atoms with E-state index in [4.69, 9.17) is 0 Å². The molecule has 1 heterocycles. The zero-order valence-electron chi connectivity index (χ0n) is 11.8. The molecule has 1 atom stereocenters. The molecular formula is C14H20N2O3S. The molecule has 2 rings (SSSR count). The minimum Gasteiger partial charge on any atom is -0.312 e. The van der Waals surface area contributed by atoms with Crippen LogP contribution in [0.3, 0.4) is 0 Å². The van der Waals surface area contributed by atoms with Crippen LogP contribution in [-0.2, 0) is 14.8 Å². The third kappa shape index (κ3) is 3.19. The van der Waals surface area contributed by atoms with E-state index in [0.29, 0.717) is 13.0 Å². The first-order valence-corrected chi connectivity index (χ1v) is 8.35. The summed E-state index contributed by atoms with van der Waals surface area (Å²) in [5, 5.41) is 0. The summed E-state index contributed by atoms with van der Waals surface area (Å²) in [4.78, 5) is 13.6. The largest absolute Gasteiger partial charge is 0.312 e. The van der Waals surface area contributed by atoms with Crippen LogP contribution in [0.4, 0.5) is 5.69 Å². The van der Waals surface area contributed by atoms with Gasteiger partial charge in [0.15, 0.2) is 0 Å². The number of nitrogens with zero attached hydrogens (tertiary/aromatic N) is 1. The predicted molar refractivity (Wildman–Crippen MR) is 78.1 cm³/mol. The van der Waals surface area contributed by atoms with Gasteiger partial charge in [-0.25, -0.2) is 13.1 Å². The Morgan fingerprint density at radius 2 is 1.95 bits per heavy atom. The average Bonchev–Trinajstić information content (AvgIpc) is 2.84. The summed E-state index contributed by atoms with van der Waals surface area (Å²) < 4.78 is 26.8. The molecule has 0 saturated carbocycles. The van der Waals surface area contributed by atoms with Crippen LogP contribution < -0.4 is 9.62 Å². The maximum atomic E-state index is 12.1. The number of sulfonamides is 1. The van der Waals surface area contributed by atoms with Crippen LogP contribution in [0, 0.1) is 0 Å². The molecule has 1 amide bonds. The van der Waals surface area contributed by atoms with Gasteiger partial charge in [0.1, 0.15) is 0 Å². The first-order valence-electron chi connectivity index (χ1n) is 6.87. The Hall–Kier alpha value is -1.40. The molecule has 0 bridgehead atoms. The molecule has 1 fully saturated rings. The average molecular weight is 296 g/mol. The second-order valence-corrected chi connectivity index (χ2v) is 6.79. The highest BCUT2D eigenvalue weighted by Crippen LogP contribution is 2.23. The fourth-order valence-electron chi connectivity index (χ4n) is 2.14. The van der Waals surface area contributed by atoms with Crippen molar-refractivity contribution in [2.45, 2.75) is 44.0 Å². The third-order valence-corrected chi connectivity index (χ3v) is 5.11. The number of rotatable bonds is 5. The van der Waals surface area contributed by atoms with Crippen LogP contribution in [0.25, 0.3) is 0 Å². The molecule has 1 aromatic carbocycles. The molecule has 1 aliphatic rings. The topological polar surface area (TPSA) is 66.5 Å². The normalized spacial score (nSPS) is 17.5. The second kappa shape index (κ2) is 5.93. The number of carbonyl (C=O) groups excluding carboxylic acids is 1. The maximum Gasteiger partial charge on any atom is 0.240 e. The molecule has 110 valence electrons. The van der Waals surface area contributed by atoms with E-state index in [1.54, 1.807) is 29.2 Å². The first-order chi connectivity index (χ1) is 9.44. The highest BCUT2D eigenvalue weighted by atomic mass is 32.2. The Bertz CT molecular complexity index is 581. The van der Waals surface area contributed by atoms with E-state index in [1.165, 1.54) is 0 Å². The Morgan fingerprint density at radius 3 is 2.45 bits per heavy atom. The number of anilines is 1. The number of carbonyl (C=O) groups is 1. The number of hydrogen-bond acceptors (Lipinski definition) is 3. The lowest BCUT2D eigenvalue weighted by molar-refractivity contribution is -0.117. The quantitative estimate of drug-likeness (QED) is 0.902. The molecule has 0 spiro atoms. The standard InChI is InChI=1S/C14H20N2O3S/c1-3-11(2)15-20(18,19)13-8-6-12(7-9-13)16-10-4-5-14(16)17/h6-9,11,15H,3-5,10H2,1-2H3/t11-/m0/s1. The Balaban J connectivity index is 2.17. The summed E-state index contributed by atoms with van der Waals surface area (Å²) in [5.41, 5.74) is 0.759. The highest BCUT2D eigenvalue weighted by molar-refractivity contribution is 7.89. The van der Waals surface area contributed by atoms with Gasteiger partial charge in [-0.15, -0.1) is 0 Å². The van der Waals surface area contributed by atoms with Gasteiger partial charge >= 0.3 is 0 Å². The van der Waals surface area contributed by atoms with Crippen molar-refractivity contribution in [1.82, 2.24) is 4.72 Å². The fourth-order valence-corrected chi connectivity index (χ4v) is 3.47. The fraction of sp³-hybridized carbons (Fsp3) is 0.500. The minimum atomic E-state index is -3.48. The van der Waals surface area contributed by atoms with Crippen molar-refractivity contribution in [3.63, 3.8) is 0 Å². The lowest BCUT2D eigenvalue weighted by Crippen LogP contribution is -2.32. The van der Waals surface area contributed by atoms with Gasteiger partial charge in [-0.3, -0.25) is 4.79 Å². The number of hydrogen-bond donors (Lipinski definition) is 1. The molecule has 6 heteroatoms. The van der Waals surface area contributed by atoms with Crippen LogP contribution in [0.2, 0.25) is 0 Å². The van der Waals surface area contributed by atoms with E-state index in [0.717, 1.165) is 18.5 Å². The van der Waals surface area contributed by atoms with Crippen molar-refractivity contribution < 1.29 is 13.2 Å². The van der Waals surface area contributed by atoms with E-state index in [2.05, 4.69) is 4.72 Å². The van der Waals surface area contributed by atoms with E-state index in [1.807, 2.05) is 13.8 Å². The molecule has 0 aromatic heterocycles. The maximum absolute atomic E-state index is 12.1. The predicted octanol–water partition coefficient (Wildman–Crippen LogP) is 1.89. The monoisotopic (exact) mass is 296 g/mol. The molecule has 1 aromatic rings. The summed E-state index contributed by atoms with van der Waals surface area (Å²) >= 11 is 0. The van der Waals surface area contributed by atoms with Gasteiger partial charge in [0.25, 0.3) is 0 Å². The summed E-state index contributed by atoms with van der Waals surface area (Å²) in [6.07, 6.45) is 2.16. The molecule has 1 saturated heterocycles. The van der Waals surface area contributed by atoms with E-state index < -0.39 is 10.0 Å². The molecule has 0 unspecified atom stereocenters. The zero-order chi connectivity index (χ0) is 14.8. The third-order valence-electron chi connectivity index (χ3n) is 3.50. The van der Waals surface area contributed by atoms with E-state index in [-0.39, 0.29) is 16.8 Å². The number of benzene rings is 1. The number of amides is 1. The summed E-state index contributed by atoms with van der Waals surface area (Å²) in [6, 6.07) is 6.37. The SMILES string of the molecule is CC[C@H](C)NS(=O)(=O)c1ccc(N2CCCC2=O)cc1. The van der Waals surface area contributed by atoms with Gasteiger partial charge < -0.3 is 4.90 Å². The van der Waals surface area contributed by atoms with E-state index in [9.17, 15) is 13.2 Å².